The van der Waals surface area contributed by atoms with Crippen molar-refractivity contribution in [3.05, 3.63) is 0 Å². The molecular weight excluding hydrogens is 126 g/mol. The highest BCUT2D eigenvalue weighted by Crippen LogP contribution is 2.21. The van der Waals surface area contributed by atoms with Crippen LogP contribution in [-0.4, -0.2) is 17.5 Å². The standard InChI is InChI=1S/C8H15NO/c1-5-6-7(10-6)9-8(2,3)4/h6H,5H2,1-4H3. The van der Waals surface area contributed by atoms with Crippen LogP contribution in [0.2, 0.25) is 0 Å². The van der Waals surface area contributed by atoms with E-state index in [9.17, 15) is 0 Å². The number of nitrogens with zero attached hydrogens (tertiary/aromatic N) is 1. The molecule has 2 heteroatoms. The fourth-order valence-electron chi connectivity index (χ4n) is 0.799. The van der Waals surface area contributed by atoms with E-state index >= 15 is 0 Å². The summed E-state index contributed by atoms with van der Waals surface area (Å²) < 4.78 is 5.19. The Hall–Kier alpha value is -0.530. The molecule has 0 N–H and O–H groups in total. The Morgan fingerprint density at radius 3 is 2.40 bits per heavy atom. The van der Waals surface area contributed by atoms with Gasteiger partial charge in [0.25, 0.3) is 0 Å². The van der Waals surface area contributed by atoms with Crippen LogP contribution in [0.1, 0.15) is 34.1 Å². The van der Waals surface area contributed by atoms with Crippen molar-refractivity contribution in [2.75, 3.05) is 0 Å². The van der Waals surface area contributed by atoms with Gasteiger partial charge in [-0.2, -0.15) is 0 Å². The third-order valence-corrected chi connectivity index (χ3v) is 1.30. The molecule has 1 aliphatic rings. The zero-order valence-corrected chi connectivity index (χ0v) is 7.14. The Morgan fingerprint density at radius 2 is 2.10 bits per heavy atom. The maximum Gasteiger partial charge on any atom is 0.227 e. The maximum atomic E-state index is 5.19. The van der Waals surface area contributed by atoms with E-state index in [1.165, 1.54) is 0 Å². The zero-order valence-electron chi connectivity index (χ0n) is 7.14. The number of epoxide rings is 1. The van der Waals surface area contributed by atoms with E-state index in [0.29, 0.717) is 6.10 Å². The van der Waals surface area contributed by atoms with Crippen LogP contribution in [0.4, 0.5) is 0 Å². The van der Waals surface area contributed by atoms with Gasteiger partial charge in [0.05, 0.1) is 5.54 Å². The van der Waals surface area contributed by atoms with Crippen molar-refractivity contribution in [2.24, 2.45) is 4.99 Å². The molecular formula is C8H15NO. The van der Waals surface area contributed by atoms with E-state index in [2.05, 4.69) is 32.7 Å². The van der Waals surface area contributed by atoms with Crippen LogP contribution in [-0.2, 0) is 4.74 Å². The van der Waals surface area contributed by atoms with Gasteiger partial charge in [0.2, 0.25) is 5.90 Å². The van der Waals surface area contributed by atoms with Gasteiger partial charge in [-0.05, 0) is 27.2 Å². The van der Waals surface area contributed by atoms with Gasteiger partial charge in [0.1, 0.15) is 0 Å². The van der Waals surface area contributed by atoms with Crippen molar-refractivity contribution in [3.8, 4) is 0 Å². The molecule has 2 nitrogen and oxygen atoms in total. The summed E-state index contributed by atoms with van der Waals surface area (Å²) in [4.78, 5) is 4.37. The summed E-state index contributed by atoms with van der Waals surface area (Å²) in [5, 5.41) is 0. The van der Waals surface area contributed by atoms with E-state index in [4.69, 9.17) is 4.74 Å². The minimum Gasteiger partial charge on any atom is -0.465 e. The highest BCUT2D eigenvalue weighted by Gasteiger charge is 2.34. The molecule has 1 aliphatic heterocycles. The third-order valence-electron chi connectivity index (χ3n) is 1.30. The van der Waals surface area contributed by atoms with Crippen molar-refractivity contribution >= 4 is 5.90 Å². The summed E-state index contributed by atoms with van der Waals surface area (Å²) in [5.41, 5.74) is 0.0270. The lowest BCUT2D eigenvalue weighted by atomic mass is 10.1. The van der Waals surface area contributed by atoms with Crippen LogP contribution >= 0.6 is 0 Å². The predicted octanol–water partition coefficient (Wildman–Crippen LogP) is 1.99. The van der Waals surface area contributed by atoms with Gasteiger partial charge in [-0.1, -0.05) is 6.92 Å². The lowest BCUT2D eigenvalue weighted by Crippen LogP contribution is -2.10. The summed E-state index contributed by atoms with van der Waals surface area (Å²) in [6.07, 6.45) is 1.38. The molecule has 0 aromatic carbocycles. The molecule has 0 aliphatic carbocycles. The monoisotopic (exact) mass is 141 g/mol. The van der Waals surface area contributed by atoms with Gasteiger partial charge in [-0.25, -0.2) is 4.99 Å². The second kappa shape index (κ2) is 2.26. The lowest BCUT2D eigenvalue weighted by molar-refractivity contribution is 0.437. The van der Waals surface area contributed by atoms with E-state index in [1.54, 1.807) is 0 Å². The Balaban J connectivity index is 2.45. The third kappa shape index (κ3) is 2.01. The fourth-order valence-corrected chi connectivity index (χ4v) is 0.799. The Labute approximate surface area is 62.3 Å². The minimum absolute atomic E-state index is 0.0270. The molecule has 0 aromatic heterocycles. The molecule has 0 saturated carbocycles. The summed E-state index contributed by atoms with van der Waals surface area (Å²) in [7, 11) is 0. The molecule has 0 aromatic rings. The quantitative estimate of drug-likeness (QED) is 0.512. The van der Waals surface area contributed by atoms with Crippen LogP contribution in [0.15, 0.2) is 4.99 Å². The normalized spacial score (nSPS) is 28.4. The SMILES string of the molecule is CCC1OC1=NC(C)(C)C. The molecule has 0 amide bonds. The van der Waals surface area contributed by atoms with Crippen molar-refractivity contribution in [3.63, 3.8) is 0 Å². The molecule has 1 atom stereocenters. The van der Waals surface area contributed by atoms with Gasteiger partial charge < -0.3 is 4.74 Å². The second-order valence-corrected chi connectivity index (χ2v) is 3.64. The maximum absolute atomic E-state index is 5.19. The number of hydrogen-bond donors (Lipinski definition) is 0. The van der Waals surface area contributed by atoms with Crippen LogP contribution in [0.5, 0.6) is 0 Å². The predicted molar refractivity (Wildman–Crippen MR) is 42.4 cm³/mol. The van der Waals surface area contributed by atoms with Crippen molar-refractivity contribution in [1.29, 1.82) is 0 Å². The molecule has 1 heterocycles. The van der Waals surface area contributed by atoms with Gasteiger partial charge >= 0.3 is 0 Å². The molecule has 0 radical (unpaired) electrons. The Kier molecular flexibility index (Phi) is 1.71. The molecule has 1 unspecified atom stereocenters. The molecule has 58 valence electrons. The highest BCUT2D eigenvalue weighted by atomic mass is 16.6. The first kappa shape index (κ1) is 7.58. The number of hydrogen-bond acceptors (Lipinski definition) is 2. The minimum atomic E-state index is 0.0270. The molecule has 0 spiro atoms. The first-order chi connectivity index (χ1) is 4.53. The lowest BCUT2D eigenvalue weighted by Gasteiger charge is -2.08. The van der Waals surface area contributed by atoms with Crippen LogP contribution in [0.3, 0.4) is 0 Å². The van der Waals surface area contributed by atoms with Gasteiger partial charge in [-0.3, -0.25) is 0 Å². The van der Waals surface area contributed by atoms with Crippen molar-refractivity contribution < 1.29 is 4.74 Å². The average molecular weight is 141 g/mol. The second-order valence-electron chi connectivity index (χ2n) is 3.64. The average Bonchev–Trinajstić information content (AvgIpc) is 2.42. The Morgan fingerprint density at radius 1 is 1.50 bits per heavy atom. The zero-order chi connectivity index (χ0) is 7.78. The summed E-state index contributed by atoms with van der Waals surface area (Å²) >= 11 is 0. The van der Waals surface area contributed by atoms with Crippen molar-refractivity contribution in [1.82, 2.24) is 0 Å². The number of rotatable bonds is 1. The fraction of sp³-hybridized carbons (Fsp3) is 0.875. The first-order valence-electron chi connectivity index (χ1n) is 3.79. The first-order valence-corrected chi connectivity index (χ1v) is 3.79. The number of ether oxygens (including phenoxy) is 1. The molecule has 1 rings (SSSR count). The van der Waals surface area contributed by atoms with Gasteiger partial charge in [0, 0.05) is 0 Å². The topological polar surface area (TPSA) is 24.9 Å². The Bertz CT molecular complexity index is 155. The largest absolute Gasteiger partial charge is 0.465 e. The van der Waals surface area contributed by atoms with Gasteiger partial charge in [-0.15, -0.1) is 0 Å². The summed E-state index contributed by atoms with van der Waals surface area (Å²) in [6.45, 7) is 8.34. The molecule has 1 saturated heterocycles. The van der Waals surface area contributed by atoms with E-state index < -0.39 is 0 Å². The van der Waals surface area contributed by atoms with E-state index in [1.807, 2.05) is 0 Å². The highest BCUT2D eigenvalue weighted by molar-refractivity contribution is 5.92. The summed E-state index contributed by atoms with van der Waals surface area (Å²) in [6, 6.07) is 0. The van der Waals surface area contributed by atoms with Crippen molar-refractivity contribution in [2.45, 2.75) is 45.8 Å². The smallest absolute Gasteiger partial charge is 0.227 e. The number of aliphatic imine (C=N–C) groups is 1. The summed E-state index contributed by atoms with van der Waals surface area (Å²) in [5.74, 6) is 0.940. The van der Waals surface area contributed by atoms with E-state index in [0.717, 1.165) is 12.3 Å². The van der Waals surface area contributed by atoms with Gasteiger partial charge in [0.15, 0.2) is 6.10 Å². The van der Waals surface area contributed by atoms with E-state index in [-0.39, 0.29) is 5.54 Å². The van der Waals surface area contributed by atoms with Crippen LogP contribution in [0, 0.1) is 0 Å². The van der Waals surface area contributed by atoms with Crippen LogP contribution in [0.25, 0.3) is 0 Å². The molecule has 10 heavy (non-hydrogen) atoms. The van der Waals surface area contributed by atoms with Crippen LogP contribution < -0.4 is 0 Å². The molecule has 1 fully saturated rings. The molecule has 0 bridgehead atoms.